The van der Waals surface area contributed by atoms with Gasteiger partial charge in [0.15, 0.2) is 19.8 Å². The van der Waals surface area contributed by atoms with Crippen LogP contribution in [0.2, 0.25) is 18.1 Å². The second kappa shape index (κ2) is 7.44. The smallest absolute Gasteiger partial charge is 0.192 e. The molecular formula is C22H31N5O2Si. The summed E-state index contributed by atoms with van der Waals surface area (Å²) in [6.07, 6.45) is 3.81. The minimum Gasteiger partial charge on any atom is -0.416 e. The molecule has 1 aromatic carbocycles. The molecule has 2 aromatic heterocycles. The summed E-state index contributed by atoms with van der Waals surface area (Å²) in [7, 11) is -1.90. The molecule has 7 nitrogen and oxygen atoms in total. The van der Waals surface area contributed by atoms with E-state index in [0.29, 0.717) is 30.2 Å². The molecular weight excluding hydrogens is 394 g/mol. The number of hydrogen-bond acceptors (Lipinski definition) is 6. The lowest BCUT2D eigenvalue weighted by atomic mass is 9.80. The predicted molar refractivity (Wildman–Crippen MR) is 121 cm³/mol. The number of hydrogen-bond donors (Lipinski definition) is 1. The normalized spacial score (nSPS) is 22.6. The maximum Gasteiger partial charge on any atom is 0.192 e. The Morgan fingerprint density at radius 2 is 1.93 bits per heavy atom. The first-order valence-corrected chi connectivity index (χ1v) is 13.3. The van der Waals surface area contributed by atoms with E-state index in [9.17, 15) is 0 Å². The highest BCUT2D eigenvalue weighted by Crippen LogP contribution is 2.44. The van der Waals surface area contributed by atoms with Gasteiger partial charge in [-0.2, -0.15) is 0 Å². The second-order valence-corrected chi connectivity index (χ2v) is 14.6. The molecule has 0 saturated carbocycles. The van der Waals surface area contributed by atoms with E-state index in [0.717, 1.165) is 6.42 Å². The van der Waals surface area contributed by atoms with Gasteiger partial charge in [0, 0.05) is 18.4 Å². The van der Waals surface area contributed by atoms with Crippen molar-refractivity contribution >= 4 is 25.3 Å². The first-order valence-electron chi connectivity index (χ1n) is 10.4. The topological polar surface area (TPSA) is 88.1 Å². The van der Waals surface area contributed by atoms with E-state index in [1.165, 1.54) is 11.9 Å². The quantitative estimate of drug-likeness (QED) is 0.614. The summed E-state index contributed by atoms with van der Waals surface area (Å²) in [6.45, 7) is 12.6. The minimum absolute atomic E-state index is 0.152. The molecule has 0 spiro atoms. The highest BCUT2D eigenvalue weighted by molar-refractivity contribution is 6.74. The molecule has 0 unspecified atom stereocenters. The van der Waals surface area contributed by atoms with Gasteiger partial charge in [-0.1, -0.05) is 51.1 Å². The highest BCUT2D eigenvalue weighted by atomic mass is 28.4. The average molecular weight is 426 g/mol. The third-order valence-corrected chi connectivity index (χ3v) is 11.2. The minimum atomic E-state index is -1.90. The lowest BCUT2D eigenvalue weighted by molar-refractivity contribution is 0.0528. The van der Waals surface area contributed by atoms with Gasteiger partial charge >= 0.3 is 0 Å². The zero-order valence-corrected chi connectivity index (χ0v) is 19.4. The number of rotatable bonds is 5. The molecule has 1 aliphatic heterocycles. The molecule has 0 aliphatic carbocycles. The van der Waals surface area contributed by atoms with Crippen molar-refractivity contribution in [3.8, 4) is 0 Å². The van der Waals surface area contributed by atoms with Crippen LogP contribution in [0.5, 0.6) is 0 Å². The summed E-state index contributed by atoms with van der Waals surface area (Å²) in [5, 5.41) is 0.152. The molecule has 2 N–H and O–H groups in total. The lowest BCUT2D eigenvalue weighted by Crippen LogP contribution is -2.45. The molecule has 1 aliphatic rings. The van der Waals surface area contributed by atoms with Crippen molar-refractivity contribution in [1.29, 1.82) is 0 Å². The fourth-order valence-electron chi connectivity index (χ4n) is 3.68. The largest absolute Gasteiger partial charge is 0.416 e. The number of nitrogens with zero attached hydrogens (tertiary/aromatic N) is 4. The fraction of sp³-hybridized carbons (Fsp3) is 0.500. The fourth-order valence-corrected chi connectivity index (χ4v) is 4.75. The zero-order valence-electron chi connectivity index (χ0n) is 18.4. The number of benzene rings is 1. The van der Waals surface area contributed by atoms with Crippen LogP contribution in [-0.4, -0.2) is 41.1 Å². The van der Waals surface area contributed by atoms with Crippen molar-refractivity contribution in [2.24, 2.45) is 0 Å². The van der Waals surface area contributed by atoms with Crippen molar-refractivity contribution in [3.63, 3.8) is 0 Å². The zero-order chi connectivity index (χ0) is 21.6. The molecule has 3 heterocycles. The van der Waals surface area contributed by atoms with Gasteiger partial charge in [0.2, 0.25) is 0 Å². The summed E-state index contributed by atoms with van der Waals surface area (Å²) in [6, 6.07) is 10.6. The standard InChI is InChI=1S/C22H31N5O2Si/c1-21(2,3)30(4,5)29-13-22(16-9-7-6-8-10-16)11-17(28-12-22)27-15-26-18-19(23)24-14-25-20(18)27/h6-10,14-15,17H,11-13H2,1-5H3,(H2,23,24,25)/t17-,22+/m0/s1. The van der Waals surface area contributed by atoms with Gasteiger partial charge in [-0.15, -0.1) is 0 Å². The van der Waals surface area contributed by atoms with Crippen LogP contribution in [-0.2, 0) is 14.6 Å². The number of ether oxygens (including phenoxy) is 1. The molecule has 0 amide bonds. The molecule has 1 fully saturated rings. The van der Waals surface area contributed by atoms with Crippen molar-refractivity contribution in [2.75, 3.05) is 18.9 Å². The lowest BCUT2D eigenvalue weighted by Gasteiger charge is -2.39. The van der Waals surface area contributed by atoms with E-state index in [2.05, 4.69) is 73.1 Å². The van der Waals surface area contributed by atoms with Crippen LogP contribution in [0.1, 0.15) is 39.0 Å². The van der Waals surface area contributed by atoms with Gasteiger partial charge in [-0.3, -0.25) is 4.57 Å². The van der Waals surface area contributed by atoms with Gasteiger partial charge in [0.25, 0.3) is 0 Å². The average Bonchev–Trinajstić information content (AvgIpc) is 3.32. The maximum absolute atomic E-state index is 6.70. The Balaban J connectivity index is 1.66. The Morgan fingerprint density at radius 1 is 1.20 bits per heavy atom. The van der Waals surface area contributed by atoms with Crippen LogP contribution in [0.4, 0.5) is 5.82 Å². The highest BCUT2D eigenvalue weighted by Gasteiger charge is 2.46. The van der Waals surface area contributed by atoms with E-state index >= 15 is 0 Å². The molecule has 0 radical (unpaired) electrons. The predicted octanol–water partition coefficient (Wildman–Crippen LogP) is 4.29. The van der Waals surface area contributed by atoms with Crippen LogP contribution in [0, 0.1) is 0 Å². The van der Waals surface area contributed by atoms with Crippen LogP contribution >= 0.6 is 0 Å². The molecule has 30 heavy (non-hydrogen) atoms. The third-order valence-electron chi connectivity index (χ3n) is 6.72. The summed E-state index contributed by atoms with van der Waals surface area (Å²) < 4.78 is 15.0. The van der Waals surface area contributed by atoms with Crippen molar-refractivity contribution in [1.82, 2.24) is 19.5 Å². The van der Waals surface area contributed by atoms with Gasteiger partial charge in [0.1, 0.15) is 18.1 Å². The molecule has 2 atom stereocenters. The molecule has 0 bridgehead atoms. The Kier molecular flexibility index (Phi) is 5.20. The van der Waals surface area contributed by atoms with Crippen molar-refractivity contribution < 1.29 is 9.16 Å². The van der Waals surface area contributed by atoms with Gasteiger partial charge in [-0.25, -0.2) is 15.0 Å². The molecule has 8 heteroatoms. The third kappa shape index (κ3) is 3.63. The Bertz CT molecular complexity index is 1030. The molecule has 4 rings (SSSR count). The van der Waals surface area contributed by atoms with E-state index in [1.807, 2.05) is 10.6 Å². The first kappa shape index (κ1) is 21.0. The van der Waals surface area contributed by atoms with E-state index in [1.54, 1.807) is 6.33 Å². The summed E-state index contributed by atoms with van der Waals surface area (Å²) in [5.74, 6) is 0.382. The number of anilines is 1. The number of nitrogens with two attached hydrogens (primary N) is 1. The van der Waals surface area contributed by atoms with Crippen LogP contribution < -0.4 is 5.73 Å². The monoisotopic (exact) mass is 425 g/mol. The maximum atomic E-state index is 6.70. The number of nitrogen functional groups attached to an aromatic ring is 1. The van der Waals surface area contributed by atoms with Crippen molar-refractivity contribution in [3.05, 3.63) is 48.5 Å². The Hall–Kier alpha value is -2.29. The Labute approximate surface area is 178 Å². The van der Waals surface area contributed by atoms with Gasteiger partial charge < -0.3 is 14.9 Å². The van der Waals surface area contributed by atoms with Crippen LogP contribution in [0.15, 0.2) is 43.0 Å². The van der Waals surface area contributed by atoms with Gasteiger partial charge in [0.05, 0.1) is 12.9 Å². The summed E-state index contributed by atoms with van der Waals surface area (Å²) in [5.41, 5.74) is 8.28. The number of imidazole rings is 1. The van der Waals surface area contributed by atoms with Crippen LogP contribution in [0.25, 0.3) is 11.2 Å². The van der Waals surface area contributed by atoms with Crippen molar-refractivity contribution in [2.45, 2.75) is 57.0 Å². The molecule has 3 aromatic rings. The molecule has 160 valence electrons. The summed E-state index contributed by atoms with van der Waals surface area (Å²) in [4.78, 5) is 12.8. The second-order valence-electron chi connectivity index (χ2n) is 9.75. The van der Waals surface area contributed by atoms with E-state index in [4.69, 9.17) is 14.9 Å². The number of fused-ring (bicyclic) bond motifs is 1. The summed E-state index contributed by atoms with van der Waals surface area (Å²) >= 11 is 0. The Morgan fingerprint density at radius 3 is 2.63 bits per heavy atom. The van der Waals surface area contributed by atoms with E-state index in [-0.39, 0.29) is 16.7 Å². The van der Waals surface area contributed by atoms with Gasteiger partial charge in [-0.05, 0) is 23.7 Å². The first-order chi connectivity index (χ1) is 14.1. The number of aromatic nitrogens is 4. The molecule has 1 saturated heterocycles. The van der Waals surface area contributed by atoms with E-state index < -0.39 is 8.32 Å². The van der Waals surface area contributed by atoms with Crippen LogP contribution in [0.3, 0.4) is 0 Å². The SMILES string of the molecule is CC(C)(C)[Si](C)(C)OC[C@]1(c2ccccc2)CO[C@H](n2cnc3c(N)ncnc32)C1.